The average molecular weight is 1290 g/mol. The Morgan fingerprint density at radius 3 is 2.17 bits per heavy atom. The van der Waals surface area contributed by atoms with E-state index in [0.29, 0.717) is 100 Å². The molecule has 2 aromatic carbocycles. The van der Waals surface area contributed by atoms with E-state index in [0.717, 1.165) is 4.90 Å². The first-order chi connectivity index (χ1) is 37.1. The number of rotatable bonds is 30. The molecule has 2 saturated heterocycles. The summed E-state index contributed by atoms with van der Waals surface area (Å²) in [4.78, 5) is 119. The fourth-order valence-corrected chi connectivity index (χ4v) is 12.1. The van der Waals surface area contributed by atoms with E-state index in [1.54, 1.807) is 72.8 Å². The van der Waals surface area contributed by atoms with Gasteiger partial charge in [0.25, 0.3) is 11.8 Å². The van der Waals surface area contributed by atoms with Gasteiger partial charge in [-0.3, -0.25) is 14.4 Å². The molecule has 0 aliphatic carbocycles. The van der Waals surface area contributed by atoms with Crippen molar-refractivity contribution in [3.05, 3.63) is 47.5 Å². The number of hydrogen-bond acceptors (Lipinski definition) is 18. The number of aliphatic hydroxyl groups is 1. The number of aliphatic imine (C=N–C) groups is 1. The van der Waals surface area contributed by atoms with E-state index in [9.17, 15) is 58.6 Å². The first-order valence-corrected chi connectivity index (χ1v) is 29.5. The third-order valence-electron chi connectivity index (χ3n) is 13.3. The molecule has 0 bridgehead atoms. The molecule has 0 saturated carbocycles. The standard InChI is InChI=1S/C49H80BN14O13.Pb/c1-6-60(29-41(51)66)22-23-62(32-45(71)72)33-56-63(25-24-61(7-2)31-44(69)70)30-42(67)57-39(16-13-20-54-49(52)58(3)4)48(75)59(5)21-12-8-11-19-53-46(73)37-17-18-38(36-15-10-9-14-35(36)37)47(74)55-27-43(68)64-28-34(65)26-40(64)50(76)77;/h9-10,14-15,17-18,34,39-40,65,76-77H,6-8,11-13,16,19-33H2,1-5H3,(H2,51,66)(H2,52,54)(H,53,73)(H,55,74)(H,57,67)(H,69,70)(H,71,72);/q-1;+4/p-1. The summed E-state index contributed by atoms with van der Waals surface area (Å²) in [5, 5.41) is 50.3. The molecule has 3 atom stereocenters. The molecule has 3 unspecified atom stereocenters. The van der Waals surface area contributed by atoms with E-state index in [2.05, 4.69) is 20.9 Å². The number of benzene rings is 2. The number of likely N-dealkylation sites (N-methyl/N-ethyl adjacent to an activating group) is 3. The van der Waals surface area contributed by atoms with Gasteiger partial charge in [-0.25, -0.2) is 0 Å². The van der Waals surface area contributed by atoms with E-state index in [1.165, 1.54) is 12.1 Å². The Labute approximate surface area is 469 Å². The number of hydrogen-bond donors (Lipinski definition) is 9. The molecular weight excluding hydrogens is 1210 g/mol. The molecule has 29 heteroatoms. The van der Waals surface area contributed by atoms with Crippen LogP contribution in [0, 0.1) is 0 Å². The zero-order valence-corrected chi connectivity index (χ0v) is 49.4. The van der Waals surface area contributed by atoms with Crippen molar-refractivity contribution in [3.63, 3.8) is 0 Å². The Hall–Kier alpha value is -5.60. The number of amides is 6. The van der Waals surface area contributed by atoms with Crippen LogP contribution in [0.3, 0.4) is 0 Å². The fraction of sp³-hybridized carbons (Fsp3) is 0.612. The predicted molar refractivity (Wildman–Crippen MR) is 291 cm³/mol. The number of unbranched alkanes of at least 4 members (excludes halogenated alkanes) is 2. The van der Waals surface area contributed by atoms with Crippen molar-refractivity contribution in [1.29, 1.82) is 0 Å². The topological polar surface area (TPSA) is 353 Å². The quantitative estimate of drug-likeness (QED) is 0.0156. The Bertz CT molecular complexity index is 2390. The molecule has 27 nitrogen and oxygen atoms in total. The molecule has 6 amide bonds. The zero-order valence-electron chi connectivity index (χ0n) is 45.5. The van der Waals surface area contributed by atoms with Crippen molar-refractivity contribution in [2.75, 3.05) is 126 Å². The van der Waals surface area contributed by atoms with Gasteiger partial charge >= 0.3 is 298 Å². The van der Waals surface area contributed by atoms with Crippen LogP contribution in [0.1, 0.15) is 73.1 Å². The fourth-order valence-electron chi connectivity index (χ4n) is 8.90. The van der Waals surface area contributed by atoms with Crippen molar-refractivity contribution >= 4 is 96.2 Å². The van der Waals surface area contributed by atoms with Crippen molar-refractivity contribution in [1.82, 2.24) is 53.2 Å². The van der Waals surface area contributed by atoms with Crippen LogP contribution in [0.15, 0.2) is 41.4 Å². The summed E-state index contributed by atoms with van der Waals surface area (Å²) in [6.07, 6.45) is 1.51. The minimum atomic E-state index is -2.53. The molecule has 2 heterocycles. The number of nitrogens with one attached hydrogen (secondary N) is 3. The van der Waals surface area contributed by atoms with Crippen molar-refractivity contribution < 1.29 is 61.3 Å². The molecule has 0 spiro atoms. The van der Waals surface area contributed by atoms with Gasteiger partial charge in [-0.15, -0.1) is 0 Å². The number of aliphatic hydroxyl groups excluding tert-OH is 1. The zero-order chi connectivity index (χ0) is 57.5. The monoisotopic (exact) mass is 1290 g/mol. The summed E-state index contributed by atoms with van der Waals surface area (Å²) in [5.74, 6) is -5.04. The third-order valence-corrected chi connectivity index (χ3v) is 17.0. The Morgan fingerprint density at radius 2 is 1.55 bits per heavy atom. The number of primary amides is 1. The van der Waals surface area contributed by atoms with Gasteiger partial charge in [-0.1, -0.05) is 24.3 Å². The number of nitrogens with two attached hydrogens (primary N) is 2. The number of β-amino-alcohol motifs (C(OH)–C–C–N with tert-alkyl or cyclic N) is 1. The summed E-state index contributed by atoms with van der Waals surface area (Å²) in [7, 11) is 3.32. The normalized spacial score (nSPS) is 17.0. The molecule has 11 N–H and O–H groups in total. The Balaban J connectivity index is 1.38. The maximum atomic E-state index is 14.2. The molecule has 2 fully saturated rings. The molecule has 78 heavy (non-hydrogen) atoms. The number of carboxylic acids is 1. The SMILES string of the molecule is CCN(CCN(CC(=O)O)C[N]1[Pb+2][O]C(=O)CN(CC)CCN1CC(=O)NC(CCCN=C(N)N(C)C)C(=O)N(C)CCCCCNC(=O)c1ccc(C(=O)NCC(=O)N2CC(O)CC2B(O)O)c2ccccc12)CC(N)=O. The summed E-state index contributed by atoms with van der Waals surface area (Å²) < 4.78 is 7.59. The van der Waals surface area contributed by atoms with Gasteiger partial charge < -0.3 is 30.7 Å². The molecule has 2 aromatic rings. The van der Waals surface area contributed by atoms with Crippen molar-refractivity contribution in [3.8, 4) is 0 Å². The summed E-state index contributed by atoms with van der Waals surface area (Å²) in [6.45, 7) is 5.97. The number of fused-ring (bicyclic) bond motifs is 1. The predicted octanol–water partition coefficient (Wildman–Crippen LogP) is -3.87. The number of carbonyl (C=O) groups is 8. The molecule has 2 aliphatic rings. The summed E-state index contributed by atoms with van der Waals surface area (Å²) in [6, 6.07) is 8.94. The number of aliphatic carboxylic acids is 1. The molecule has 428 valence electrons. The van der Waals surface area contributed by atoms with Gasteiger partial charge in [-0.2, -0.15) is 0 Å². The van der Waals surface area contributed by atoms with Gasteiger partial charge in [0.2, 0.25) is 5.91 Å². The number of likely N-dealkylation sites (tertiary alicyclic amines) is 1. The second-order valence-electron chi connectivity index (χ2n) is 19.4. The molecule has 0 radical (unpaired) electrons. The van der Waals surface area contributed by atoms with Gasteiger partial charge in [0.1, 0.15) is 0 Å². The van der Waals surface area contributed by atoms with Crippen LogP contribution in [0.2, 0.25) is 0 Å². The van der Waals surface area contributed by atoms with E-state index >= 15 is 0 Å². The van der Waals surface area contributed by atoms with Gasteiger partial charge in [0.15, 0.2) is 0 Å². The van der Waals surface area contributed by atoms with Crippen LogP contribution in [-0.2, 0) is 31.5 Å². The van der Waals surface area contributed by atoms with Crippen LogP contribution in [0.5, 0.6) is 0 Å². The number of guanidine groups is 1. The summed E-state index contributed by atoms with van der Waals surface area (Å²) in [5.41, 5.74) is 12.0. The van der Waals surface area contributed by atoms with Crippen LogP contribution < -0.4 is 27.4 Å². The van der Waals surface area contributed by atoms with Gasteiger partial charge in [-0.05, 0) is 29.3 Å². The Morgan fingerprint density at radius 1 is 0.885 bits per heavy atom. The first kappa shape index (κ1) is 64.9. The van der Waals surface area contributed by atoms with Crippen molar-refractivity contribution in [2.45, 2.75) is 70.5 Å². The molecule has 4 rings (SSSR count). The number of nitrogens with zero attached hydrogens (tertiary/aromatic N) is 9. The van der Waals surface area contributed by atoms with Gasteiger partial charge in [0, 0.05) is 38.3 Å². The van der Waals surface area contributed by atoms with E-state index in [1.807, 2.05) is 18.7 Å². The van der Waals surface area contributed by atoms with Crippen LogP contribution >= 0.6 is 0 Å². The van der Waals surface area contributed by atoms with E-state index in [4.69, 9.17) is 14.2 Å². The van der Waals surface area contributed by atoms with Crippen LogP contribution in [0.4, 0.5) is 0 Å². The second kappa shape index (κ2) is 33.1. The maximum absolute atomic E-state index is 14.2. The van der Waals surface area contributed by atoms with Crippen LogP contribution in [0.25, 0.3) is 10.8 Å². The van der Waals surface area contributed by atoms with E-state index < -0.39 is 92.3 Å². The van der Waals surface area contributed by atoms with E-state index in [-0.39, 0.29) is 76.2 Å². The molecule has 0 aromatic heterocycles. The number of hydrazine groups is 1. The number of carbonyl (C=O) groups excluding carboxylic acids is 7. The van der Waals surface area contributed by atoms with Gasteiger partial charge in [0.05, 0.1) is 18.6 Å². The Kier molecular flexibility index (Phi) is 27.5. The second-order valence-corrected chi connectivity index (χ2v) is 22.9. The summed E-state index contributed by atoms with van der Waals surface area (Å²) >= 11 is -2.53. The average Bonchev–Trinajstić information content (AvgIpc) is 3.84. The molecular formula is C49H79BN14O13Pb+2. The van der Waals surface area contributed by atoms with Crippen LogP contribution in [-0.4, -0.2) is 287 Å². The van der Waals surface area contributed by atoms with Crippen molar-refractivity contribution in [2.24, 2.45) is 16.5 Å². The molecule has 2 aliphatic heterocycles. The third kappa shape index (κ3) is 21.2. The first-order valence-electron chi connectivity index (χ1n) is 26.2. The number of carboxylic acid groups (broad SMARTS) is 1. The minimum absolute atomic E-state index is 0.00389.